The number of pyridine rings is 1. The molecule has 3 heterocycles. The molecule has 0 aromatic carbocycles. The summed E-state index contributed by atoms with van der Waals surface area (Å²) in [5.74, 6) is -0.166. The van der Waals surface area contributed by atoms with E-state index in [1.165, 1.54) is 10.6 Å². The van der Waals surface area contributed by atoms with Crippen LogP contribution in [0.25, 0.3) is 0 Å². The van der Waals surface area contributed by atoms with E-state index in [1.54, 1.807) is 11.0 Å². The Morgan fingerprint density at radius 2 is 2.00 bits per heavy atom. The van der Waals surface area contributed by atoms with E-state index < -0.39 is 15.6 Å². The van der Waals surface area contributed by atoms with Crippen LogP contribution in [0.5, 0.6) is 0 Å². The van der Waals surface area contributed by atoms with E-state index >= 15 is 0 Å². The van der Waals surface area contributed by atoms with Gasteiger partial charge in [0.25, 0.3) is 5.56 Å². The average Bonchev–Trinajstić information content (AvgIpc) is 2.59. The zero-order chi connectivity index (χ0) is 18.2. The summed E-state index contributed by atoms with van der Waals surface area (Å²) >= 11 is 0. The van der Waals surface area contributed by atoms with E-state index in [2.05, 4.69) is 4.98 Å². The summed E-state index contributed by atoms with van der Waals surface area (Å²) in [6, 6.07) is 3.42. The number of aromatic nitrogens is 1. The third-order valence-electron chi connectivity index (χ3n) is 4.91. The molecule has 1 saturated heterocycles. The van der Waals surface area contributed by atoms with Gasteiger partial charge < -0.3 is 9.88 Å². The van der Waals surface area contributed by atoms with E-state index in [9.17, 15) is 18.0 Å². The van der Waals surface area contributed by atoms with Crippen LogP contribution in [0.2, 0.25) is 0 Å². The highest BCUT2D eigenvalue weighted by Gasteiger charge is 2.32. The first kappa shape index (κ1) is 17.6. The number of carbonyl (C=O) groups excluding carboxylic acids is 1. The van der Waals surface area contributed by atoms with Gasteiger partial charge in [-0.05, 0) is 24.5 Å². The standard InChI is InChI=1S/C16H20N4O4S/c1-25(23,24)20-6-2-11(3-7-20)16(22)19-5-4-14-13(10-19)8-12(9-17)15(21)18-14/h8,11H,2-7,10H2,1H3,(H,18,21). The van der Waals surface area contributed by atoms with E-state index in [4.69, 9.17) is 5.26 Å². The van der Waals surface area contributed by atoms with Crippen molar-refractivity contribution in [2.75, 3.05) is 25.9 Å². The summed E-state index contributed by atoms with van der Waals surface area (Å²) in [5.41, 5.74) is 1.23. The minimum Gasteiger partial charge on any atom is -0.338 e. The lowest BCUT2D eigenvalue weighted by atomic mass is 9.94. The molecule has 9 heteroatoms. The van der Waals surface area contributed by atoms with Crippen molar-refractivity contribution in [3.63, 3.8) is 0 Å². The lowest BCUT2D eigenvalue weighted by Gasteiger charge is -2.35. The number of sulfonamides is 1. The fourth-order valence-electron chi connectivity index (χ4n) is 3.47. The Morgan fingerprint density at radius 1 is 1.32 bits per heavy atom. The molecule has 0 spiro atoms. The summed E-state index contributed by atoms with van der Waals surface area (Å²) in [5, 5.41) is 8.99. The van der Waals surface area contributed by atoms with Crippen molar-refractivity contribution in [2.24, 2.45) is 5.92 Å². The summed E-state index contributed by atoms with van der Waals surface area (Å²) < 4.78 is 24.5. The fraction of sp³-hybridized carbons (Fsp3) is 0.562. The van der Waals surface area contributed by atoms with Gasteiger partial charge in [0.2, 0.25) is 15.9 Å². The second-order valence-electron chi connectivity index (χ2n) is 6.57. The van der Waals surface area contributed by atoms with Crippen LogP contribution in [0, 0.1) is 17.2 Å². The molecule has 1 fully saturated rings. The smallest absolute Gasteiger partial charge is 0.266 e. The quantitative estimate of drug-likeness (QED) is 0.781. The first-order chi connectivity index (χ1) is 11.8. The zero-order valence-corrected chi connectivity index (χ0v) is 14.8. The van der Waals surface area contributed by atoms with Crippen molar-refractivity contribution in [1.82, 2.24) is 14.2 Å². The molecule has 0 aliphatic carbocycles. The fourth-order valence-corrected chi connectivity index (χ4v) is 4.34. The molecule has 0 radical (unpaired) electrons. The molecule has 134 valence electrons. The molecule has 0 bridgehead atoms. The molecule has 1 amide bonds. The number of aromatic amines is 1. The number of hydrogen-bond donors (Lipinski definition) is 1. The molecular formula is C16H20N4O4S. The van der Waals surface area contributed by atoms with Crippen LogP contribution in [0.1, 0.15) is 29.7 Å². The van der Waals surface area contributed by atoms with Gasteiger partial charge >= 0.3 is 0 Å². The van der Waals surface area contributed by atoms with Crippen LogP contribution in [-0.2, 0) is 27.8 Å². The largest absolute Gasteiger partial charge is 0.338 e. The summed E-state index contributed by atoms with van der Waals surface area (Å²) in [7, 11) is -3.21. The van der Waals surface area contributed by atoms with Gasteiger partial charge in [0.15, 0.2) is 0 Å². The van der Waals surface area contributed by atoms with Gasteiger partial charge in [0.05, 0.1) is 6.26 Å². The van der Waals surface area contributed by atoms with Crippen LogP contribution in [0.3, 0.4) is 0 Å². The highest BCUT2D eigenvalue weighted by atomic mass is 32.2. The molecule has 2 aliphatic rings. The van der Waals surface area contributed by atoms with Crippen LogP contribution < -0.4 is 5.56 Å². The van der Waals surface area contributed by atoms with Gasteiger partial charge in [-0.2, -0.15) is 5.26 Å². The minimum absolute atomic E-state index is 0.0171. The van der Waals surface area contributed by atoms with Gasteiger partial charge in [0.1, 0.15) is 11.6 Å². The molecular weight excluding hydrogens is 344 g/mol. The molecule has 1 N–H and O–H groups in total. The van der Waals surface area contributed by atoms with Crippen molar-refractivity contribution < 1.29 is 13.2 Å². The number of amides is 1. The molecule has 0 unspecified atom stereocenters. The Balaban J connectivity index is 1.69. The summed E-state index contributed by atoms with van der Waals surface area (Å²) in [6.45, 7) is 1.61. The molecule has 1 aromatic heterocycles. The number of fused-ring (bicyclic) bond motifs is 1. The third kappa shape index (κ3) is 3.60. The van der Waals surface area contributed by atoms with Gasteiger partial charge in [-0.1, -0.05) is 0 Å². The molecule has 1 aromatic rings. The maximum atomic E-state index is 12.8. The third-order valence-corrected chi connectivity index (χ3v) is 6.22. The number of H-pyrrole nitrogens is 1. The van der Waals surface area contributed by atoms with Crippen molar-refractivity contribution in [3.8, 4) is 6.07 Å². The van der Waals surface area contributed by atoms with Crippen molar-refractivity contribution in [1.29, 1.82) is 5.26 Å². The maximum absolute atomic E-state index is 12.8. The predicted octanol–water partition coefficient (Wildman–Crippen LogP) is -0.197. The van der Waals surface area contributed by atoms with E-state index in [-0.39, 0.29) is 17.4 Å². The average molecular weight is 364 g/mol. The topological polar surface area (TPSA) is 114 Å². The Kier molecular flexibility index (Phi) is 4.67. The normalized spacial score (nSPS) is 19.3. The van der Waals surface area contributed by atoms with E-state index in [1.807, 2.05) is 6.07 Å². The number of nitrogens with one attached hydrogen (secondary N) is 1. The van der Waals surface area contributed by atoms with E-state index in [0.29, 0.717) is 45.4 Å². The lowest BCUT2D eigenvalue weighted by molar-refractivity contribution is -0.137. The Labute approximate surface area is 146 Å². The van der Waals surface area contributed by atoms with Gasteiger partial charge in [-0.15, -0.1) is 0 Å². The number of nitrogens with zero attached hydrogens (tertiary/aromatic N) is 3. The van der Waals surface area contributed by atoms with Crippen LogP contribution in [0.15, 0.2) is 10.9 Å². The first-order valence-corrected chi connectivity index (χ1v) is 10.0. The monoisotopic (exact) mass is 364 g/mol. The number of piperidine rings is 1. The summed E-state index contributed by atoms with van der Waals surface area (Å²) in [6.07, 6.45) is 2.77. The first-order valence-electron chi connectivity index (χ1n) is 8.18. The molecule has 8 nitrogen and oxygen atoms in total. The SMILES string of the molecule is CS(=O)(=O)N1CCC(C(=O)N2CCc3[nH]c(=O)c(C#N)cc3C2)CC1. The molecule has 2 aliphatic heterocycles. The molecule has 0 saturated carbocycles. The number of hydrogen-bond acceptors (Lipinski definition) is 5. The van der Waals surface area contributed by atoms with Crippen molar-refractivity contribution in [2.45, 2.75) is 25.8 Å². The maximum Gasteiger partial charge on any atom is 0.266 e. The molecule has 3 rings (SSSR count). The number of rotatable bonds is 2. The summed E-state index contributed by atoms with van der Waals surface area (Å²) in [4.78, 5) is 28.9. The Morgan fingerprint density at radius 3 is 2.60 bits per heavy atom. The number of nitriles is 1. The van der Waals surface area contributed by atoms with E-state index in [0.717, 1.165) is 11.3 Å². The van der Waals surface area contributed by atoms with Crippen molar-refractivity contribution in [3.05, 3.63) is 33.2 Å². The van der Waals surface area contributed by atoms with Crippen LogP contribution in [-0.4, -0.2) is 54.4 Å². The second-order valence-corrected chi connectivity index (χ2v) is 8.56. The Bertz CT molecular complexity index is 892. The van der Waals surface area contributed by atoms with Crippen LogP contribution in [0.4, 0.5) is 0 Å². The van der Waals surface area contributed by atoms with Crippen molar-refractivity contribution >= 4 is 15.9 Å². The molecule has 0 atom stereocenters. The number of carbonyl (C=O) groups is 1. The van der Waals surface area contributed by atoms with Gasteiger partial charge in [-0.3, -0.25) is 9.59 Å². The highest BCUT2D eigenvalue weighted by Crippen LogP contribution is 2.24. The molecule has 25 heavy (non-hydrogen) atoms. The Hall–Kier alpha value is -2.18. The zero-order valence-electron chi connectivity index (χ0n) is 14.0. The van der Waals surface area contributed by atoms with Crippen LogP contribution >= 0.6 is 0 Å². The van der Waals surface area contributed by atoms with Gasteiger partial charge in [0, 0.05) is 44.2 Å². The second kappa shape index (κ2) is 6.61. The highest BCUT2D eigenvalue weighted by molar-refractivity contribution is 7.88. The van der Waals surface area contributed by atoms with Gasteiger partial charge in [-0.25, -0.2) is 12.7 Å². The lowest BCUT2D eigenvalue weighted by Crippen LogP contribution is -2.45. The predicted molar refractivity (Wildman–Crippen MR) is 90.0 cm³/mol. The minimum atomic E-state index is -3.21.